The Morgan fingerprint density at radius 3 is 2.95 bits per heavy atom. The lowest BCUT2D eigenvalue weighted by molar-refractivity contribution is -0.121. The predicted octanol–water partition coefficient (Wildman–Crippen LogP) is 4.39. The van der Waals surface area contributed by atoms with Gasteiger partial charge < -0.3 is 8.83 Å². The van der Waals surface area contributed by atoms with Gasteiger partial charge in [-0.25, -0.2) is 0 Å². The van der Waals surface area contributed by atoms with Crippen molar-refractivity contribution < 1.29 is 13.6 Å². The van der Waals surface area contributed by atoms with Crippen LogP contribution in [0.1, 0.15) is 18.4 Å². The van der Waals surface area contributed by atoms with Gasteiger partial charge in [-0.3, -0.25) is 9.69 Å². The van der Waals surface area contributed by atoms with Crippen LogP contribution in [0, 0.1) is 0 Å². The molecule has 3 heterocycles. The van der Waals surface area contributed by atoms with Gasteiger partial charge in [0.2, 0.25) is 0 Å². The molecule has 0 spiro atoms. The van der Waals surface area contributed by atoms with Crippen molar-refractivity contribution in [2.45, 2.75) is 17.8 Å². The number of hydrogen-bond acceptors (Lipinski definition) is 6. The van der Waals surface area contributed by atoms with E-state index >= 15 is 0 Å². The minimum absolute atomic E-state index is 0.0568. The smallest absolute Gasteiger partial charge is 0.266 e. The summed E-state index contributed by atoms with van der Waals surface area (Å²) in [5, 5.41) is 0.786. The summed E-state index contributed by atoms with van der Waals surface area (Å²) in [6.45, 7) is 2.49. The maximum absolute atomic E-state index is 12.1. The average molecular weight is 351 g/mol. The van der Waals surface area contributed by atoms with Crippen molar-refractivity contribution in [3.63, 3.8) is 0 Å². The number of carbonyl (C=O) groups is 1. The van der Waals surface area contributed by atoms with Crippen LogP contribution in [0.3, 0.4) is 0 Å². The maximum Gasteiger partial charge on any atom is 0.266 e. The molecule has 1 aliphatic heterocycles. The Morgan fingerprint density at radius 2 is 2.27 bits per heavy atom. The van der Waals surface area contributed by atoms with Gasteiger partial charge in [0.15, 0.2) is 5.09 Å². The lowest BCUT2D eigenvalue weighted by atomic mass is 10.3. The molecule has 1 aliphatic rings. The van der Waals surface area contributed by atoms with E-state index in [2.05, 4.69) is 0 Å². The van der Waals surface area contributed by atoms with E-state index < -0.39 is 0 Å². The normalized spacial score (nSPS) is 17.0. The first-order chi connectivity index (χ1) is 10.7. The Balaban J connectivity index is 1.68. The molecule has 22 heavy (non-hydrogen) atoms. The van der Waals surface area contributed by atoms with E-state index in [4.69, 9.17) is 21.1 Å². The quantitative estimate of drug-likeness (QED) is 0.452. The van der Waals surface area contributed by atoms with E-state index in [1.54, 1.807) is 29.0 Å². The molecule has 0 aliphatic carbocycles. The lowest BCUT2D eigenvalue weighted by Crippen LogP contribution is -2.27. The largest absolute Gasteiger partial charge is 0.468 e. The Bertz CT molecular complexity index is 718. The molecule has 1 amide bonds. The molecule has 0 aromatic carbocycles. The fourth-order valence-electron chi connectivity index (χ4n) is 1.93. The Hall–Kier alpha value is -1.44. The first-order valence-corrected chi connectivity index (χ1v) is 8.89. The van der Waals surface area contributed by atoms with Crippen molar-refractivity contribution in [2.24, 2.45) is 0 Å². The molecule has 0 bridgehead atoms. The van der Waals surface area contributed by atoms with E-state index in [0.29, 0.717) is 27.3 Å². The van der Waals surface area contributed by atoms with Gasteiger partial charge in [-0.05, 0) is 31.2 Å². The average Bonchev–Trinajstić information content (AvgIpc) is 3.20. The van der Waals surface area contributed by atoms with Crippen LogP contribution in [0.4, 0.5) is 0 Å². The summed E-state index contributed by atoms with van der Waals surface area (Å²) in [6.07, 6.45) is 3.39. The summed E-state index contributed by atoms with van der Waals surface area (Å²) in [7, 11) is 0. The fourth-order valence-corrected chi connectivity index (χ4v) is 4.06. The number of hydrogen-bond donors (Lipinski definition) is 0. The first kappa shape index (κ1) is 15.5. The SMILES string of the molecule is CCN1C(=O)C(=Cc2ccc(SCc3ccco3)o2)SC1=S. The van der Waals surface area contributed by atoms with Gasteiger partial charge in [0, 0.05) is 12.6 Å². The Labute approximate surface area is 141 Å². The third-order valence-corrected chi connectivity index (χ3v) is 5.31. The van der Waals surface area contributed by atoms with E-state index in [-0.39, 0.29) is 5.91 Å². The minimum atomic E-state index is -0.0568. The highest BCUT2D eigenvalue weighted by molar-refractivity contribution is 8.26. The van der Waals surface area contributed by atoms with Crippen LogP contribution < -0.4 is 0 Å². The molecular formula is C15H13NO3S3. The Morgan fingerprint density at radius 1 is 1.41 bits per heavy atom. The highest BCUT2D eigenvalue weighted by Crippen LogP contribution is 2.33. The molecule has 2 aromatic heterocycles. The summed E-state index contributed by atoms with van der Waals surface area (Å²) < 4.78 is 11.6. The second-order valence-corrected chi connectivity index (χ2v) is 7.11. The molecule has 0 saturated carbocycles. The summed E-state index contributed by atoms with van der Waals surface area (Å²) in [4.78, 5) is 14.3. The molecule has 0 N–H and O–H groups in total. The van der Waals surface area contributed by atoms with Crippen molar-refractivity contribution in [3.05, 3.63) is 47.0 Å². The molecule has 0 atom stereocenters. The second-order valence-electron chi connectivity index (χ2n) is 4.45. The second kappa shape index (κ2) is 6.76. The van der Waals surface area contributed by atoms with E-state index in [9.17, 15) is 4.79 Å². The number of amides is 1. The van der Waals surface area contributed by atoms with Crippen molar-refractivity contribution in [2.75, 3.05) is 6.54 Å². The third-order valence-electron chi connectivity index (χ3n) is 3.00. The number of likely N-dealkylation sites (N-methyl/N-ethyl adjacent to an activating group) is 1. The highest BCUT2D eigenvalue weighted by Gasteiger charge is 2.30. The standard InChI is InChI=1S/C15H13NO3S3/c1-2-16-14(17)12(22-15(16)20)8-10-5-6-13(19-10)21-9-11-4-3-7-18-11/h3-8H,2,9H2,1H3. The van der Waals surface area contributed by atoms with E-state index in [1.165, 1.54) is 11.8 Å². The zero-order valence-electron chi connectivity index (χ0n) is 11.8. The van der Waals surface area contributed by atoms with Crippen molar-refractivity contribution in [1.29, 1.82) is 0 Å². The van der Waals surface area contributed by atoms with Gasteiger partial charge in [-0.1, -0.05) is 35.7 Å². The van der Waals surface area contributed by atoms with E-state index in [1.807, 2.05) is 31.2 Å². The van der Waals surface area contributed by atoms with Crippen molar-refractivity contribution >= 4 is 52.0 Å². The molecule has 3 rings (SSSR count). The molecule has 0 unspecified atom stereocenters. The molecular weight excluding hydrogens is 338 g/mol. The number of thiocarbonyl (C=S) groups is 1. The zero-order valence-corrected chi connectivity index (χ0v) is 14.2. The molecule has 0 radical (unpaired) electrons. The van der Waals surface area contributed by atoms with Gasteiger partial charge in [0.1, 0.15) is 15.8 Å². The number of furan rings is 2. The lowest BCUT2D eigenvalue weighted by Gasteiger charge is -2.09. The van der Waals surface area contributed by atoms with Crippen LogP contribution in [0.2, 0.25) is 0 Å². The summed E-state index contributed by atoms with van der Waals surface area (Å²) in [5.41, 5.74) is 0. The van der Waals surface area contributed by atoms with Crippen LogP contribution in [0.5, 0.6) is 0 Å². The predicted molar refractivity (Wildman–Crippen MR) is 92.5 cm³/mol. The molecule has 1 fully saturated rings. The molecule has 4 nitrogen and oxygen atoms in total. The number of thioether (sulfide) groups is 2. The van der Waals surface area contributed by atoms with Gasteiger partial charge in [-0.2, -0.15) is 0 Å². The minimum Gasteiger partial charge on any atom is -0.468 e. The van der Waals surface area contributed by atoms with Gasteiger partial charge >= 0.3 is 0 Å². The van der Waals surface area contributed by atoms with Crippen molar-refractivity contribution in [1.82, 2.24) is 4.90 Å². The van der Waals surface area contributed by atoms with E-state index in [0.717, 1.165) is 10.9 Å². The van der Waals surface area contributed by atoms with Gasteiger partial charge in [0.05, 0.1) is 16.9 Å². The summed E-state index contributed by atoms with van der Waals surface area (Å²) in [6, 6.07) is 7.52. The monoisotopic (exact) mass is 351 g/mol. The third kappa shape index (κ3) is 3.31. The zero-order chi connectivity index (χ0) is 15.5. The topological polar surface area (TPSA) is 46.6 Å². The number of nitrogens with zero attached hydrogens (tertiary/aromatic N) is 1. The number of carbonyl (C=O) groups excluding carboxylic acids is 1. The Kier molecular flexibility index (Phi) is 4.75. The fraction of sp³-hybridized carbons (Fsp3) is 0.200. The van der Waals surface area contributed by atoms with Crippen LogP contribution in [0.15, 0.2) is 49.4 Å². The van der Waals surface area contributed by atoms with Crippen LogP contribution in [-0.2, 0) is 10.5 Å². The summed E-state index contributed by atoms with van der Waals surface area (Å²) in [5.74, 6) is 2.20. The molecule has 1 saturated heterocycles. The van der Waals surface area contributed by atoms with Gasteiger partial charge in [0.25, 0.3) is 5.91 Å². The first-order valence-electron chi connectivity index (χ1n) is 6.67. The van der Waals surface area contributed by atoms with Crippen LogP contribution >= 0.6 is 35.7 Å². The van der Waals surface area contributed by atoms with Gasteiger partial charge in [-0.15, -0.1) is 0 Å². The maximum atomic E-state index is 12.1. The number of rotatable bonds is 5. The van der Waals surface area contributed by atoms with Crippen molar-refractivity contribution in [3.8, 4) is 0 Å². The van der Waals surface area contributed by atoms with Crippen LogP contribution in [-0.4, -0.2) is 21.7 Å². The molecule has 7 heteroatoms. The van der Waals surface area contributed by atoms with Crippen LogP contribution in [0.25, 0.3) is 6.08 Å². The molecule has 2 aromatic rings. The molecule has 114 valence electrons. The highest BCUT2D eigenvalue weighted by atomic mass is 32.2. The summed E-state index contributed by atoms with van der Waals surface area (Å²) >= 11 is 8.04.